The van der Waals surface area contributed by atoms with E-state index in [1.165, 1.54) is 0 Å². The van der Waals surface area contributed by atoms with Crippen LogP contribution in [0.5, 0.6) is 0 Å². The molecular formula is C36H32F6N5PRuSi. The Bertz CT molecular complexity index is 1770. The first-order chi connectivity index (χ1) is 22.9. The second-order valence-corrected chi connectivity index (χ2v) is 17.7. The van der Waals surface area contributed by atoms with Gasteiger partial charge in [-0.15, -0.1) is 35.4 Å². The van der Waals surface area contributed by atoms with Gasteiger partial charge in [0.1, 0.15) is 8.07 Å². The minimum absolute atomic E-state index is 0. The number of nitrogens with zero attached hydrogens (tertiary/aromatic N) is 5. The van der Waals surface area contributed by atoms with E-state index in [0.717, 1.165) is 39.6 Å². The average Bonchev–Trinajstić information content (AvgIpc) is 3.08. The zero-order chi connectivity index (χ0) is 35.9. The van der Waals surface area contributed by atoms with Gasteiger partial charge in [-0.05, 0) is 60.3 Å². The second kappa shape index (κ2) is 17.9. The number of pyridine rings is 5. The Hall–Kier alpha value is -4.62. The van der Waals surface area contributed by atoms with Crippen LogP contribution in [0, 0.1) is 17.5 Å². The van der Waals surface area contributed by atoms with Gasteiger partial charge in [0.25, 0.3) is 0 Å². The summed E-state index contributed by atoms with van der Waals surface area (Å²) in [5, 5.41) is 0. The molecule has 0 saturated heterocycles. The van der Waals surface area contributed by atoms with Crippen LogP contribution in [-0.4, -0.2) is 33.0 Å². The third kappa shape index (κ3) is 19.4. The van der Waals surface area contributed by atoms with Crippen molar-refractivity contribution in [2.45, 2.75) is 19.6 Å². The standard InChI is InChI=1S/C16H16NSi.2C10H8N2.F6P.Ru/c1-18(2,3)12-10-14-7-6-8-15(13-14)16-9-4-5-11-17-16;2*1-3-7-11-9(5-1)10-6-2-4-8-12-10;1-7(2,3,4,5)6;/h4-7,9,11,13H,1-3H3;2*1-8H;;/q-1;;;-1;+2. The van der Waals surface area contributed by atoms with Crippen LogP contribution in [0.3, 0.4) is 0 Å². The van der Waals surface area contributed by atoms with Crippen molar-refractivity contribution in [2.24, 2.45) is 0 Å². The average molecular weight is 809 g/mol. The van der Waals surface area contributed by atoms with Gasteiger partial charge in [0.05, 0.1) is 22.8 Å². The molecule has 260 valence electrons. The number of halogens is 6. The molecule has 0 fully saturated rings. The van der Waals surface area contributed by atoms with E-state index in [0.29, 0.717) is 0 Å². The van der Waals surface area contributed by atoms with E-state index in [2.05, 4.69) is 68.2 Å². The first-order valence-corrected chi connectivity index (χ1v) is 20.1. The van der Waals surface area contributed by atoms with Crippen molar-refractivity contribution < 1.29 is 44.7 Å². The number of aromatic nitrogens is 5. The Balaban J connectivity index is 0.000000241. The maximum Gasteiger partial charge on any atom is 2.00 e. The molecule has 6 rings (SSSR count). The molecule has 0 unspecified atom stereocenters. The molecule has 0 amide bonds. The molecule has 14 heteroatoms. The summed E-state index contributed by atoms with van der Waals surface area (Å²) in [5.41, 5.74) is 10.0. The van der Waals surface area contributed by atoms with Crippen molar-refractivity contribution in [3.8, 4) is 45.5 Å². The third-order valence-corrected chi connectivity index (χ3v) is 6.38. The van der Waals surface area contributed by atoms with Crippen molar-refractivity contribution in [3.63, 3.8) is 0 Å². The molecule has 0 bridgehead atoms. The van der Waals surface area contributed by atoms with E-state index in [4.69, 9.17) is 0 Å². The van der Waals surface area contributed by atoms with Gasteiger partial charge in [0, 0.05) is 31.0 Å². The molecule has 50 heavy (non-hydrogen) atoms. The Labute approximate surface area is 301 Å². The van der Waals surface area contributed by atoms with Crippen LogP contribution < -0.4 is 0 Å². The zero-order valence-electron chi connectivity index (χ0n) is 27.1. The minimum atomic E-state index is -10.7. The fraction of sp³-hybridized carbons (Fsp3) is 0.0833. The molecule has 0 atom stereocenters. The van der Waals surface area contributed by atoms with Crippen molar-refractivity contribution >= 4 is 15.9 Å². The van der Waals surface area contributed by atoms with Crippen LogP contribution >= 0.6 is 7.81 Å². The third-order valence-electron chi connectivity index (χ3n) is 5.51. The monoisotopic (exact) mass is 809 g/mol. The molecule has 0 radical (unpaired) electrons. The van der Waals surface area contributed by atoms with E-state index >= 15 is 0 Å². The summed E-state index contributed by atoms with van der Waals surface area (Å²) in [6.07, 6.45) is 8.87. The van der Waals surface area contributed by atoms with Gasteiger partial charge in [-0.25, -0.2) is 0 Å². The topological polar surface area (TPSA) is 64.5 Å². The van der Waals surface area contributed by atoms with E-state index in [1.807, 2.05) is 103 Å². The van der Waals surface area contributed by atoms with E-state index in [9.17, 15) is 25.2 Å². The molecule has 0 spiro atoms. The molecule has 0 saturated carbocycles. The largest absolute Gasteiger partial charge is 2.00 e. The van der Waals surface area contributed by atoms with Crippen molar-refractivity contribution in [1.29, 1.82) is 0 Å². The Morgan fingerprint density at radius 3 is 1.12 bits per heavy atom. The van der Waals surface area contributed by atoms with Gasteiger partial charge in [0.15, 0.2) is 0 Å². The summed E-state index contributed by atoms with van der Waals surface area (Å²) in [5.74, 6) is 3.26. The molecule has 5 nitrogen and oxygen atoms in total. The molecule has 0 aliphatic heterocycles. The predicted octanol–water partition coefficient (Wildman–Crippen LogP) is 11.4. The molecule has 0 aliphatic rings. The molecule has 6 aromatic rings. The molecule has 5 heterocycles. The first-order valence-electron chi connectivity index (χ1n) is 14.6. The van der Waals surface area contributed by atoms with Crippen molar-refractivity contribution in [1.82, 2.24) is 24.9 Å². The van der Waals surface area contributed by atoms with Crippen molar-refractivity contribution in [3.05, 3.63) is 152 Å². The molecule has 5 aromatic heterocycles. The van der Waals surface area contributed by atoms with Gasteiger partial charge >= 0.3 is 52.5 Å². The van der Waals surface area contributed by atoms with Crippen molar-refractivity contribution in [2.75, 3.05) is 0 Å². The zero-order valence-corrected chi connectivity index (χ0v) is 30.7. The van der Waals surface area contributed by atoms with Crippen LogP contribution in [-0.2, 0) is 19.5 Å². The number of hydrogen-bond donors (Lipinski definition) is 0. The Kier molecular flexibility index (Phi) is 14.8. The van der Waals surface area contributed by atoms with E-state index in [1.54, 1.807) is 31.0 Å². The van der Waals surface area contributed by atoms with Crippen LogP contribution in [0.1, 0.15) is 5.56 Å². The van der Waals surface area contributed by atoms with Crippen LogP contribution in [0.25, 0.3) is 34.0 Å². The number of rotatable bonds is 3. The van der Waals surface area contributed by atoms with Gasteiger partial charge in [0.2, 0.25) is 0 Å². The molecule has 0 aliphatic carbocycles. The minimum Gasteiger partial charge on any atom is -0.255 e. The molecular weight excluding hydrogens is 777 g/mol. The van der Waals surface area contributed by atoms with Crippen LogP contribution in [0.2, 0.25) is 19.6 Å². The van der Waals surface area contributed by atoms with Gasteiger partial charge < -0.3 is 4.98 Å². The SMILES string of the molecule is C[Si](C)(C)C#Cc1cc[c-]c(-c2ccccn2)c1.F[P-](F)(F)(F)(F)F.[Ru+2].c1ccc(-c2ccccn2)nc1.c1ccc(-c2ccccn2)nc1. The maximum absolute atomic E-state index is 10.7. The second-order valence-electron chi connectivity index (χ2n) is 11.0. The van der Waals surface area contributed by atoms with Gasteiger partial charge in [-0.1, -0.05) is 67.5 Å². The van der Waals surface area contributed by atoms with Crippen LogP contribution in [0.15, 0.2) is 140 Å². The fourth-order valence-electron chi connectivity index (χ4n) is 3.53. The van der Waals surface area contributed by atoms with E-state index < -0.39 is 15.9 Å². The summed E-state index contributed by atoms with van der Waals surface area (Å²) in [7, 11) is -12.0. The summed E-state index contributed by atoms with van der Waals surface area (Å²) in [6, 6.07) is 38.2. The number of benzene rings is 1. The van der Waals surface area contributed by atoms with Crippen LogP contribution in [0.4, 0.5) is 25.2 Å². The van der Waals surface area contributed by atoms with Gasteiger partial charge in [-0.2, -0.15) is 0 Å². The predicted molar refractivity (Wildman–Crippen MR) is 187 cm³/mol. The Morgan fingerprint density at radius 2 is 0.840 bits per heavy atom. The maximum atomic E-state index is 9.87. The summed E-state index contributed by atoms with van der Waals surface area (Å²) in [6.45, 7) is 6.73. The summed E-state index contributed by atoms with van der Waals surface area (Å²) in [4.78, 5) is 21.1. The Morgan fingerprint density at radius 1 is 0.520 bits per heavy atom. The summed E-state index contributed by atoms with van der Waals surface area (Å²) < 4.78 is 59.2. The molecule has 1 aromatic carbocycles. The normalized spacial score (nSPS) is 11.7. The quantitative estimate of drug-likeness (QED) is 0.0586. The molecule has 0 N–H and O–H groups in total. The smallest absolute Gasteiger partial charge is 0.255 e. The number of hydrogen-bond acceptors (Lipinski definition) is 5. The fourth-order valence-corrected chi connectivity index (χ4v) is 4.05. The first kappa shape index (κ1) is 41.6. The van der Waals surface area contributed by atoms with E-state index in [-0.39, 0.29) is 19.5 Å². The summed E-state index contributed by atoms with van der Waals surface area (Å²) >= 11 is 0. The van der Waals surface area contributed by atoms with Gasteiger partial charge in [-0.3, -0.25) is 19.9 Å².